The fraction of sp³-hybridized carbons (Fsp3) is 0.611. The molecule has 0 aliphatic carbocycles. The van der Waals surface area contributed by atoms with Crippen molar-refractivity contribution in [1.29, 1.82) is 0 Å². The maximum Gasteiger partial charge on any atom is 0.220 e. The molecule has 1 aliphatic rings. The molecule has 2 rings (SSSR count). The van der Waals surface area contributed by atoms with Crippen molar-refractivity contribution < 1.29 is 9.53 Å². The number of aryl methyl sites for hydroxylation is 1. The zero-order chi connectivity index (χ0) is 16.7. The summed E-state index contributed by atoms with van der Waals surface area (Å²) in [6, 6.07) is 8.06. The number of carbonyl (C=O) groups is 1. The quantitative estimate of drug-likeness (QED) is 0.831. The predicted octanol–water partition coefficient (Wildman–Crippen LogP) is 2.75. The molecule has 1 fully saturated rings. The molecule has 0 spiro atoms. The second-order valence-electron chi connectivity index (χ2n) is 6.39. The van der Waals surface area contributed by atoms with E-state index in [2.05, 4.69) is 24.1 Å². The van der Waals surface area contributed by atoms with Gasteiger partial charge in [-0.3, -0.25) is 9.69 Å². The van der Waals surface area contributed by atoms with Crippen molar-refractivity contribution >= 4 is 17.5 Å². The molecule has 128 valence electrons. The maximum atomic E-state index is 12.1. The van der Waals surface area contributed by atoms with Gasteiger partial charge in [-0.1, -0.05) is 37.6 Å². The van der Waals surface area contributed by atoms with Gasteiger partial charge in [0.05, 0.1) is 13.2 Å². The Balaban J connectivity index is 1.77. The number of hydrogen-bond donors (Lipinski definition) is 1. The van der Waals surface area contributed by atoms with Gasteiger partial charge in [0.2, 0.25) is 5.91 Å². The number of nitrogens with zero attached hydrogens (tertiary/aromatic N) is 1. The molecule has 0 bridgehead atoms. The van der Waals surface area contributed by atoms with Crippen LogP contribution in [0.5, 0.6) is 0 Å². The minimum Gasteiger partial charge on any atom is -0.379 e. The van der Waals surface area contributed by atoms with Crippen LogP contribution in [0, 0.1) is 5.92 Å². The van der Waals surface area contributed by atoms with E-state index in [1.165, 1.54) is 0 Å². The number of morpholine rings is 1. The van der Waals surface area contributed by atoms with Crippen LogP contribution >= 0.6 is 11.6 Å². The molecule has 0 saturated carbocycles. The monoisotopic (exact) mass is 338 g/mol. The normalized spacial score (nSPS) is 17.2. The Morgan fingerprint density at radius 1 is 1.35 bits per heavy atom. The molecular weight excluding hydrogens is 312 g/mol. The van der Waals surface area contributed by atoms with Crippen molar-refractivity contribution in [2.45, 2.75) is 32.7 Å². The van der Waals surface area contributed by atoms with Crippen LogP contribution in [0.25, 0.3) is 0 Å². The third kappa shape index (κ3) is 6.13. The lowest BCUT2D eigenvalue weighted by atomic mass is 10.0. The summed E-state index contributed by atoms with van der Waals surface area (Å²) in [5.74, 6) is 0.602. The van der Waals surface area contributed by atoms with Gasteiger partial charge in [-0.2, -0.15) is 0 Å². The molecular formula is C18H27ClN2O2. The van der Waals surface area contributed by atoms with Crippen molar-refractivity contribution in [3.05, 3.63) is 34.9 Å². The highest BCUT2D eigenvalue weighted by Gasteiger charge is 2.24. The second-order valence-corrected chi connectivity index (χ2v) is 6.83. The van der Waals surface area contributed by atoms with E-state index >= 15 is 0 Å². The van der Waals surface area contributed by atoms with Crippen LogP contribution in [0.3, 0.4) is 0 Å². The van der Waals surface area contributed by atoms with Crippen LogP contribution < -0.4 is 5.32 Å². The van der Waals surface area contributed by atoms with E-state index in [1.54, 1.807) is 0 Å². The highest BCUT2D eigenvalue weighted by atomic mass is 35.5. The third-order valence-corrected chi connectivity index (χ3v) is 4.56. The number of amides is 1. The molecule has 1 aliphatic heterocycles. The van der Waals surface area contributed by atoms with E-state index in [0.717, 1.165) is 43.3 Å². The Hall–Kier alpha value is -1.10. The number of rotatable bonds is 7. The summed E-state index contributed by atoms with van der Waals surface area (Å²) in [5, 5.41) is 3.81. The summed E-state index contributed by atoms with van der Waals surface area (Å²) in [7, 11) is 0. The lowest BCUT2D eigenvalue weighted by Gasteiger charge is -2.36. The first-order valence-electron chi connectivity index (χ1n) is 8.39. The molecule has 1 saturated heterocycles. The highest BCUT2D eigenvalue weighted by Crippen LogP contribution is 2.13. The Labute approximate surface area is 144 Å². The number of nitrogens with one attached hydrogen (secondary N) is 1. The minimum atomic E-state index is 0.101. The van der Waals surface area contributed by atoms with Crippen LogP contribution in [-0.4, -0.2) is 49.7 Å². The van der Waals surface area contributed by atoms with Gasteiger partial charge in [0, 0.05) is 37.1 Å². The van der Waals surface area contributed by atoms with Crippen LogP contribution in [0.15, 0.2) is 24.3 Å². The summed E-state index contributed by atoms with van der Waals surface area (Å²) in [5.41, 5.74) is 1.10. The number of hydrogen-bond acceptors (Lipinski definition) is 3. The van der Waals surface area contributed by atoms with Gasteiger partial charge in [-0.05, 0) is 30.0 Å². The van der Waals surface area contributed by atoms with E-state index in [1.807, 2.05) is 24.3 Å². The van der Waals surface area contributed by atoms with Crippen LogP contribution in [0.1, 0.15) is 25.8 Å². The summed E-state index contributed by atoms with van der Waals surface area (Å²) in [4.78, 5) is 14.5. The Kier molecular flexibility index (Phi) is 7.34. The number of benzene rings is 1. The van der Waals surface area contributed by atoms with Crippen molar-refractivity contribution in [2.24, 2.45) is 5.92 Å². The number of halogens is 1. The number of carbonyl (C=O) groups excluding carboxylic acids is 1. The zero-order valence-electron chi connectivity index (χ0n) is 14.1. The zero-order valence-corrected chi connectivity index (χ0v) is 14.8. The van der Waals surface area contributed by atoms with Crippen LogP contribution in [-0.2, 0) is 16.0 Å². The average Bonchev–Trinajstić information content (AvgIpc) is 2.54. The fourth-order valence-corrected chi connectivity index (χ4v) is 3.17. The van der Waals surface area contributed by atoms with E-state index in [0.29, 0.717) is 24.9 Å². The van der Waals surface area contributed by atoms with E-state index in [9.17, 15) is 4.79 Å². The van der Waals surface area contributed by atoms with Gasteiger partial charge in [0.25, 0.3) is 0 Å². The van der Waals surface area contributed by atoms with Gasteiger partial charge in [0.1, 0.15) is 0 Å². The molecule has 1 heterocycles. The largest absolute Gasteiger partial charge is 0.379 e. The topological polar surface area (TPSA) is 41.6 Å². The van der Waals surface area contributed by atoms with Gasteiger partial charge in [-0.25, -0.2) is 0 Å². The molecule has 4 nitrogen and oxygen atoms in total. The molecule has 0 radical (unpaired) electrons. The van der Waals surface area contributed by atoms with Gasteiger partial charge < -0.3 is 10.1 Å². The predicted molar refractivity (Wildman–Crippen MR) is 93.8 cm³/mol. The maximum absolute atomic E-state index is 12.1. The standard InChI is InChI=1S/C18H27ClN2O2/c1-14(2)17(21-8-10-23-11-9-21)13-20-18(22)7-6-15-4-3-5-16(19)12-15/h3-5,12,14,17H,6-11,13H2,1-2H3,(H,20,22). The lowest BCUT2D eigenvalue weighted by Crippen LogP contribution is -2.51. The Bertz CT molecular complexity index is 502. The van der Waals surface area contributed by atoms with E-state index in [4.69, 9.17) is 16.3 Å². The summed E-state index contributed by atoms with van der Waals surface area (Å²) in [6.45, 7) is 8.57. The Morgan fingerprint density at radius 3 is 2.74 bits per heavy atom. The average molecular weight is 339 g/mol. The first-order chi connectivity index (χ1) is 11.1. The molecule has 1 amide bonds. The molecule has 1 N–H and O–H groups in total. The van der Waals surface area contributed by atoms with E-state index in [-0.39, 0.29) is 5.91 Å². The smallest absolute Gasteiger partial charge is 0.220 e. The van der Waals surface area contributed by atoms with Crippen molar-refractivity contribution in [2.75, 3.05) is 32.8 Å². The van der Waals surface area contributed by atoms with Crippen molar-refractivity contribution in [1.82, 2.24) is 10.2 Å². The second kappa shape index (κ2) is 9.26. The van der Waals surface area contributed by atoms with Crippen LogP contribution in [0.2, 0.25) is 5.02 Å². The molecule has 1 aromatic rings. The molecule has 0 aromatic heterocycles. The fourth-order valence-electron chi connectivity index (χ4n) is 2.95. The minimum absolute atomic E-state index is 0.101. The van der Waals surface area contributed by atoms with Crippen molar-refractivity contribution in [3.8, 4) is 0 Å². The summed E-state index contributed by atoms with van der Waals surface area (Å²) >= 11 is 5.97. The Morgan fingerprint density at radius 2 is 2.09 bits per heavy atom. The van der Waals surface area contributed by atoms with E-state index < -0.39 is 0 Å². The first kappa shape index (κ1) is 18.2. The lowest BCUT2D eigenvalue weighted by molar-refractivity contribution is -0.121. The van der Waals surface area contributed by atoms with Gasteiger partial charge >= 0.3 is 0 Å². The van der Waals surface area contributed by atoms with Gasteiger partial charge in [0.15, 0.2) is 0 Å². The molecule has 1 atom stereocenters. The van der Waals surface area contributed by atoms with Crippen LogP contribution in [0.4, 0.5) is 0 Å². The molecule has 1 aromatic carbocycles. The molecule has 5 heteroatoms. The van der Waals surface area contributed by atoms with Gasteiger partial charge in [-0.15, -0.1) is 0 Å². The number of ether oxygens (including phenoxy) is 1. The SMILES string of the molecule is CC(C)C(CNC(=O)CCc1cccc(Cl)c1)N1CCOCC1. The highest BCUT2D eigenvalue weighted by molar-refractivity contribution is 6.30. The van der Waals surface area contributed by atoms with Crippen molar-refractivity contribution in [3.63, 3.8) is 0 Å². The molecule has 23 heavy (non-hydrogen) atoms. The summed E-state index contributed by atoms with van der Waals surface area (Å²) < 4.78 is 5.41. The first-order valence-corrected chi connectivity index (χ1v) is 8.77. The third-order valence-electron chi connectivity index (χ3n) is 4.32. The summed E-state index contributed by atoms with van der Waals surface area (Å²) in [6.07, 6.45) is 1.21. The molecule has 1 unspecified atom stereocenters.